The van der Waals surface area contributed by atoms with Crippen molar-refractivity contribution >= 4 is 27.3 Å². The molecule has 0 amide bonds. The minimum atomic E-state index is -0.592. The van der Waals surface area contributed by atoms with E-state index >= 15 is 0 Å². The van der Waals surface area contributed by atoms with Crippen molar-refractivity contribution < 1.29 is 0 Å². The summed E-state index contributed by atoms with van der Waals surface area (Å²) in [5, 5.41) is 4.80. The Morgan fingerprint density at radius 3 is 2.50 bits per heavy atom. The van der Waals surface area contributed by atoms with Crippen molar-refractivity contribution in [2.45, 2.75) is 26.4 Å². The number of aryl methyl sites for hydroxylation is 2. The summed E-state index contributed by atoms with van der Waals surface area (Å²) in [4.78, 5) is 8.85. The zero-order valence-corrected chi connectivity index (χ0v) is 12.5. The summed E-state index contributed by atoms with van der Waals surface area (Å²) in [6.07, 6.45) is 0. The van der Waals surface area contributed by atoms with Crippen LogP contribution < -0.4 is 16.8 Å². The monoisotopic (exact) mass is 287 g/mol. The van der Waals surface area contributed by atoms with Crippen LogP contribution in [0.2, 0.25) is 0 Å². The molecule has 0 spiro atoms. The molecule has 0 radical (unpaired) electrons. The molecule has 6 heteroatoms. The Morgan fingerprint density at radius 1 is 1.20 bits per heavy atom. The van der Waals surface area contributed by atoms with Crippen molar-refractivity contribution in [3.63, 3.8) is 0 Å². The van der Waals surface area contributed by atoms with E-state index in [1.807, 2.05) is 13.0 Å². The van der Waals surface area contributed by atoms with Crippen LogP contribution in [0.25, 0.3) is 0 Å². The molecular formula is C14H17N5S. The zero-order chi connectivity index (χ0) is 14.5. The summed E-state index contributed by atoms with van der Waals surface area (Å²) in [5.41, 5.74) is 15.4. The minimum absolute atomic E-state index is 0.428. The molecule has 2 heterocycles. The van der Waals surface area contributed by atoms with Gasteiger partial charge in [-0.2, -0.15) is 0 Å². The third-order valence-electron chi connectivity index (χ3n) is 3.56. The first-order valence-corrected chi connectivity index (χ1v) is 7.19. The molecule has 1 unspecified atom stereocenters. The highest BCUT2D eigenvalue weighted by Crippen LogP contribution is 2.39. The maximum Gasteiger partial charge on any atom is 0.182 e. The Morgan fingerprint density at radius 2 is 1.85 bits per heavy atom. The smallest absolute Gasteiger partial charge is 0.182 e. The van der Waals surface area contributed by atoms with Gasteiger partial charge in [-0.3, -0.25) is 0 Å². The molecule has 0 saturated heterocycles. The Labute approximate surface area is 121 Å². The van der Waals surface area contributed by atoms with Crippen LogP contribution in [0.15, 0.2) is 23.2 Å². The molecule has 3 rings (SSSR count). The average Bonchev–Trinajstić information content (AvgIpc) is 2.69. The van der Waals surface area contributed by atoms with Gasteiger partial charge >= 0.3 is 0 Å². The molecule has 5 N–H and O–H groups in total. The van der Waals surface area contributed by atoms with Gasteiger partial charge in [0.2, 0.25) is 0 Å². The number of nitrogens with zero attached hydrogens (tertiary/aromatic N) is 2. The third kappa shape index (κ3) is 1.84. The fourth-order valence-electron chi connectivity index (χ4n) is 2.84. The van der Waals surface area contributed by atoms with E-state index in [-0.39, 0.29) is 0 Å². The molecule has 20 heavy (non-hydrogen) atoms. The largest absolute Gasteiger partial charge is 0.382 e. The lowest BCUT2D eigenvalue weighted by Crippen LogP contribution is -2.38. The molecular weight excluding hydrogens is 270 g/mol. The fourth-order valence-corrected chi connectivity index (χ4v) is 3.68. The maximum absolute atomic E-state index is 6.07. The average molecular weight is 287 g/mol. The first-order valence-electron chi connectivity index (χ1n) is 6.37. The Hall–Kier alpha value is -2.08. The van der Waals surface area contributed by atoms with Crippen molar-refractivity contribution in [3.05, 3.63) is 40.6 Å². The number of rotatable bonds is 1. The number of aromatic nitrogens is 1. The lowest BCUT2D eigenvalue weighted by molar-refractivity contribution is 0.565. The molecule has 1 aliphatic rings. The summed E-state index contributed by atoms with van der Waals surface area (Å²) in [6.45, 7) is 6.18. The molecule has 0 bridgehead atoms. The number of hydrogen-bond acceptors (Lipinski definition) is 6. The standard InChI is InChI=1S/C14H17N5S/c1-7-5-4-6-8(2)9(7)14(3)18-11(15)10-12(19-14)20-13(16)17-10/h4-6,19H,1-3H3,(H2,15,18)(H2,16,17). The summed E-state index contributed by atoms with van der Waals surface area (Å²) >= 11 is 1.40. The number of thiazole rings is 1. The Balaban J connectivity index is 2.18. The van der Waals surface area contributed by atoms with Crippen molar-refractivity contribution in [2.24, 2.45) is 10.7 Å². The number of anilines is 2. The molecule has 5 nitrogen and oxygen atoms in total. The second kappa shape index (κ2) is 4.21. The van der Waals surface area contributed by atoms with E-state index in [0.717, 1.165) is 10.6 Å². The van der Waals surface area contributed by atoms with E-state index in [1.165, 1.54) is 22.5 Å². The zero-order valence-electron chi connectivity index (χ0n) is 11.7. The number of fused-ring (bicyclic) bond motifs is 1. The van der Waals surface area contributed by atoms with E-state index in [4.69, 9.17) is 11.5 Å². The lowest BCUT2D eigenvalue weighted by atomic mass is 9.91. The van der Waals surface area contributed by atoms with Crippen molar-refractivity contribution in [1.29, 1.82) is 0 Å². The van der Waals surface area contributed by atoms with E-state index in [2.05, 4.69) is 41.3 Å². The van der Waals surface area contributed by atoms with Crippen LogP contribution in [0.4, 0.5) is 10.1 Å². The van der Waals surface area contributed by atoms with Gasteiger partial charge in [-0.05, 0) is 31.9 Å². The quantitative estimate of drug-likeness (QED) is 0.751. The van der Waals surface area contributed by atoms with Crippen LogP contribution in [0.1, 0.15) is 29.3 Å². The second-order valence-electron chi connectivity index (χ2n) is 5.19. The number of benzene rings is 1. The molecule has 1 aliphatic heterocycles. The van der Waals surface area contributed by atoms with Gasteiger partial charge in [0.1, 0.15) is 10.7 Å². The van der Waals surface area contributed by atoms with Gasteiger partial charge in [-0.15, -0.1) is 0 Å². The highest BCUT2D eigenvalue weighted by Gasteiger charge is 2.35. The summed E-state index contributed by atoms with van der Waals surface area (Å²) in [6, 6.07) is 6.21. The molecule has 0 fully saturated rings. The minimum Gasteiger partial charge on any atom is -0.382 e. The van der Waals surface area contributed by atoms with E-state index < -0.39 is 5.66 Å². The predicted molar refractivity (Wildman–Crippen MR) is 84.1 cm³/mol. The highest BCUT2D eigenvalue weighted by molar-refractivity contribution is 7.19. The second-order valence-corrected chi connectivity index (χ2v) is 6.22. The van der Waals surface area contributed by atoms with Gasteiger partial charge in [-0.1, -0.05) is 29.5 Å². The molecule has 0 saturated carbocycles. The molecule has 0 aliphatic carbocycles. The van der Waals surface area contributed by atoms with Gasteiger partial charge in [0, 0.05) is 5.56 Å². The summed E-state index contributed by atoms with van der Waals surface area (Å²) in [5.74, 6) is 0.428. The van der Waals surface area contributed by atoms with Crippen LogP contribution in [0.5, 0.6) is 0 Å². The van der Waals surface area contributed by atoms with Gasteiger partial charge in [-0.25, -0.2) is 9.98 Å². The van der Waals surface area contributed by atoms with Gasteiger partial charge in [0.15, 0.2) is 16.6 Å². The SMILES string of the molecule is Cc1cccc(C)c1C1(C)N=C(N)c2nc(N)sc2N1. The van der Waals surface area contributed by atoms with Crippen LogP contribution in [0, 0.1) is 13.8 Å². The van der Waals surface area contributed by atoms with Crippen LogP contribution in [0.3, 0.4) is 0 Å². The fraction of sp³-hybridized carbons (Fsp3) is 0.286. The maximum atomic E-state index is 6.07. The third-order valence-corrected chi connectivity index (χ3v) is 4.36. The van der Waals surface area contributed by atoms with Crippen molar-refractivity contribution in [3.8, 4) is 0 Å². The molecule has 1 aromatic carbocycles. The number of amidine groups is 1. The number of nitrogens with one attached hydrogen (secondary N) is 1. The lowest BCUT2D eigenvalue weighted by Gasteiger charge is -2.33. The highest BCUT2D eigenvalue weighted by atomic mass is 32.1. The van der Waals surface area contributed by atoms with Gasteiger partial charge < -0.3 is 16.8 Å². The first-order chi connectivity index (χ1) is 9.40. The number of nitrogens with two attached hydrogens (primary N) is 2. The number of hydrogen-bond donors (Lipinski definition) is 3. The molecule has 2 aromatic rings. The summed E-state index contributed by atoms with van der Waals surface area (Å²) < 4.78 is 0. The van der Waals surface area contributed by atoms with Crippen LogP contribution >= 0.6 is 11.3 Å². The normalized spacial score (nSPS) is 21.1. The van der Waals surface area contributed by atoms with Crippen molar-refractivity contribution in [1.82, 2.24) is 4.98 Å². The molecule has 1 atom stereocenters. The topological polar surface area (TPSA) is 89.3 Å². The van der Waals surface area contributed by atoms with E-state index in [9.17, 15) is 0 Å². The van der Waals surface area contributed by atoms with Gasteiger partial charge in [0.25, 0.3) is 0 Å². The van der Waals surface area contributed by atoms with Crippen molar-refractivity contribution in [2.75, 3.05) is 11.1 Å². The number of nitrogen functional groups attached to an aromatic ring is 1. The summed E-state index contributed by atoms with van der Waals surface area (Å²) in [7, 11) is 0. The molecule has 104 valence electrons. The predicted octanol–water partition coefficient (Wildman–Crippen LogP) is 2.35. The first kappa shape index (κ1) is 12.9. The van der Waals surface area contributed by atoms with E-state index in [1.54, 1.807) is 0 Å². The van der Waals surface area contributed by atoms with Crippen LogP contribution in [-0.4, -0.2) is 10.8 Å². The Bertz CT molecular complexity index is 698. The van der Waals surface area contributed by atoms with Gasteiger partial charge in [0.05, 0.1) is 0 Å². The number of aliphatic imine (C=N–C) groups is 1. The van der Waals surface area contributed by atoms with Crippen LogP contribution in [-0.2, 0) is 5.66 Å². The molecule has 1 aromatic heterocycles. The Kier molecular flexibility index (Phi) is 2.72. The van der Waals surface area contributed by atoms with E-state index in [0.29, 0.717) is 16.7 Å².